The van der Waals surface area contributed by atoms with Crippen LogP contribution in [-0.2, 0) is 30.3 Å². The molecular formula is C30H33NO10. The molecule has 1 saturated heterocycles. The molecule has 1 saturated carbocycles. The second-order valence-electron chi connectivity index (χ2n) is 10.2. The van der Waals surface area contributed by atoms with E-state index in [9.17, 15) is 39.9 Å². The molecule has 11 nitrogen and oxygen atoms in total. The monoisotopic (exact) mass is 567 g/mol. The summed E-state index contributed by atoms with van der Waals surface area (Å²) in [6.45, 7) is 1.08. The minimum absolute atomic E-state index is 0.0179. The molecule has 0 aromatic heterocycles. The second-order valence-corrected chi connectivity index (χ2v) is 10.2. The van der Waals surface area contributed by atoms with Gasteiger partial charge in [0.05, 0.1) is 0 Å². The van der Waals surface area contributed by atoms with Crippen LogP contribution in [-0.4, -0.2) is 79.2 Å². The minimum Gasteiger partial charge on any atom is -0.504 e. The van der Waals surface area contributed by atoms with Crippen LogP contribution in [0.5, 0.6) is 23.0 Å². The van der Waals surface area contributed by atoms with E-state index in [1.165, 1.54) is 42.5 Å². The average molecular weight is 568 g/mol. The third-order valence-electron chi connectivity index (χ3n) is 7.18. The smallest absolute Gasteiger partial charge is 0.331 e. The van der Waals surface area contributed by atoms with Crippen LogP contribution in [0.15, 0.2) is 54.6 Å². The predicted molar refractivity (Wildman–Crippen MR) is 146 cm³/mol. The second kappa shape index (κ2) is 12.8. The lowest BCUT2D eigenvalue weighted by atomic mass is 9.80. The summed E-state index contributed by atoms with van der Waals surface area (Å²) in [5.41, 5.74) is -0.708. The van der Waals surface area contributed by atoms with Gasteiger partial charge < -0.3 is 39.9 Å². The summed E-state index contributed by atoms with van der Waals surface area (Å²) in [7, 11) is 0. The zero-order valence-corrected chi connectivity index (χ0v) is 22.3. The molecule has 11 heteroatoms. The van der Waals surface area contributed by atoms with Crippen molar-refractivity contribution in [3.05, 3.63) is 65.8 Å². The minimum atomic E-state index is -1.77. The summed E-state index contributed by atoms with van der Waals surface area (Å²) in [6, 6.07) is 8.29. The topological polar surface area (TPSA) is 174 Å². The lowest BCUT2D eigenvalue weighted by Crippen LogP contribution is -2.56. The van der Waals surface area contributed by atoms with Crippen LogP contribution in [0.1, 0.15) is 43.2 Å². The number of hydrogen-bond donors (Lipinski definition) is 5. The molecule has 0 unspecified atom stereocenters. The number of nitrogens with zero attached hydrogens (tertiary/aromatic N) is 1. The molecule has 1 heterocycles. The number of allylic oxidation sites excluding steroid dienone is 1. The number of ether oxygens (including phenoxy) is 2. The van der Waals surface area contributed by atoms with E-state index in [1.807, 2.05) is 0 Å². The van der Waals surface area contributed by atoms with Crippen molar-refractivity contribution in [1.82, 2.24) is 4.90 Å². The number of rotatable bonds is 8. The van der Waals surface area contributed by atoms with Gasteiger partial charge in [-0.1, -0.05) is 18.2 Å². The molecule has 0 spiro atoms. The molecule has 2 fully saturated rings. The molecule has 1 aliphatic heterocycles. The van der Waals surface area contributed by atoms with Gasteiger partial charge in [-0.3, -0.25) is 4.79 Å². The number of hydrogen-bond acceptors (Lipinski definition) is 10. The highest BCUT2D eigenvalue weighted by Crippen LogP contribution is 2.35. The van der Waals surface area contributed by atoms with Crippen LogP contribution in [0, 0.1) is 0 Å². The fourth-order valence-electron chi connectivity index (χ4n) is 4.97. The van der Waals surface area contributed by atoms with E-state index in [0.29, 0.717) is 24.2 Å². The van der Waals surface area contributed by atoms with Crippen molar-refractivity contribution in [3.8, 4) is 23.0 Å². The van der Waals surface area contributed by atoms with Gasteiger partial charge in [-0.05, 0) is 73.6 Å². The fraction of sp³-hybridized carbons (Fsp3) is 0.367. The van der Waals surface area contributed by atoms with E-state index in [2.05, 4.69) is 0 Å². The highest BCUT2D eigenvalue weighted by atomic mass is 16.6. The predicted octanol–water partition coefficient (Wildman–Crippen LogP) is 2.68. The third-order valence-corrected chi connectivity index (χ3v) is 7.18. The Hall–Kier alpha value is -4.51. The number of phenolic OH excluding ortho intramolecular Hbond substituents is 4. The van der Waals surface area contributed by atoms with Gasteiger partial charge in [0.2, 0.25) is 0 Å². The lowest BCUT2D eigenvalue weighted by Gasteiger charge is -2.40. The van der Waals surface area contributed by atoms with Crippen molar-refractivity contribution in [3.63, 3.8) is 0 Å². The van der Waals surface area contributed by atoms with Crippen LogP contribution in [0.2, 0.25) is 0 Å². The van der Waals surface area contributed by atoms with Crippen LogP contribution < -0.4 is 0 Å². The van der Waals surface area contributed by atoms with E-state index in [1.54, 1.807) is 11.0 Å². The van der Waals surface area contributed by atoms with Gasteiger partial charge in [-0.25, -0.2) is 9.59 Å². The summed E-state index contributed by atoms with van der Waals surface area (Å²) in [5.74, 6) is -3.17. The van der Waals surface area contributed by atoms with E-state index in [4.69, 9.17) is 9.47 Å². The van der Waals surface area contributed by atoms with Crippen molar-refractivity contribution in [2.45, 2.75) is 56.3 Å². The maximum Gasteiger partial charge on any atom is 0.331 e. The van der Waals surface area contributed by atoms with E-state index >= 15 is 0 Å². The summed E-state index contributed by atoms with van der Waals surface area (Å²) in [5, 5.41) is 49.4. The zero-order chi connectivity index (χ0) is 29.6. The Kier molecular flexibility index (Phi) is 9.18. The van der Waals surface area contributed by atoms with E-state index in [-0.39, 0.29) is 48.7 Å². The van der Waals surface area contributed by atoms with Crippen molar-refractivity contribution < 1.29 is 49.4 Å². The van der Waals surface area contributed by atoms with Crippen LogP contribution in [0.3, 0.4) is 0 Å². The first-order valence-electron chi connectivity index (χ1n) is 13.3. The highest BCUT2D eigenvalue weighted by Gasteiger charge is 2.49. The molecule has 2 aliphatic rings. The normalized spacial score (nSPS) is 22.7. The van der Waals surface area contributed by atoms with Gasteiger partial charge in [0.1, 0.15) is 17.8 Å². The Morgan fingerprint density at radius 1 is 0.854 bits per heavy atom. The molecule has 5 N–H and O–H groups in total. The van der Waals surface area contributed by atoms with Crippen LogP contribution in [0.25, 0.3) is 6.08 Å². The Balaban J connectivity index is 1.44. The number of carbonyl (C=O) groups excluding carboxylic acids is 3. The first kappa shape index (κ1) is 29.5. The molecule has 3 atom stereocenters. The zero-order valence-electron chi connectivity index (χ0n) is 22.3. The fourth-order valence-corrected chi connectivity index (χ4v) is 4.97. The maximum absolute atomic E-state index is 13.1. The number of phenols is 4. The molecule has 1 aliphatic carbocycles. The number of esters is 2. The molecule has 4 rings (SSSR count). The number of carbonyl (C=O) groups is 3. The highest BCUT2D eigenvalue weighted by molar-refractivity contribution is 5.88. The first-order chi connectivity index (χ1) is 19.5. The van der Waals surface area contributed by atoms with Gasteiger partial charge >= 0.3 is 11.9 Å². The SMILES string of the molecule is O=C(/C=C/c1ccc(O)c(O)c1)O[C@@H]1CC[C@@](O)(C(=O)N2CCCC2)C[C@H]1OC(=O)/C=C/Cc1ccc(O)c(O)c1. The van der Waals surface area contributed by atoms with Crippen molar-refractivity contribution in [2.75, 3.05) is 13.1 Å². The Bertz CT molecular complexity index is 1350. The number of aliphatic hydroxyl groups is 1. The van der Waals surface area contributed by atoms with E-state index in [0.717, 1.165) is 25.0 Å². The van der Waals surface area contributed by atoms with Crippen molar-refractivity contribution in [2.24, 2.45) is 0 Å². The van der Waals surface area contributed by atoms with Gasteiger partial charge in [-0.15, -0.1) is 0 Å². The summed E-state index contributed by atoms with van der Waals surface area (Å²) in [6.07, 6.45) is 4.89. The Morgan fingerprint density at radius 2 is 1.49 bits per heavy atom. The molecule has 41 heavy (non-hydrogen) atoms. The number of benzene rings is 2. The molecule has 2 aromatic rings. The van der Waals surface area contributed by atoms with Crippen molar-refractivity contribution in [1.29, 1.82) is 0 Å². The average Bonchev–Trinajstić information content (AvgIpc) is 3.47. The number of aromatic hydroxyl groups is 4. The largest absolute Gasteiger partial charge is 0.504 e. The quantitative estimate of drug-likeness (QED) is 0.181. The molecule has 0 bridgehead atoms. The standard InChI is InChI=1S/C30H33NO10/c32-21-9-6-19(16-23(21)34)4-3-5-27(36)41-26-18-30(39,29(38)31-14-1-2-15-31)13-12-25(26)40-28(37)11-8-20-7-10-22(33)24(35)17-20/h3,5-11,16-17,25-26,32-35,39H,1-2,4,12-15,18H2/b5-3+,11-8+/t25-,26-,30+/m1/s1. The van der Waals surface area contributed by atoms with Crippen molar-refractivity contribution >= 4 is 23.9 Å². The first-order valence-corrected chi connectivity index (χ1v) is 13.3. The Labute approximate surface area is 236 Å². The molecular weight excluding hydrogens is 534 g/mol. The summed E-state index contributed by atoms with van der Waals surface area (Å²) < 4.78 is 11.1. The van der Waals surface area contributed by atoms with Gasteiger partial charge in [0, 0.05) is 31.7 Å². The molecule has 1 amide bonds. The summed E-state index contributed by atoms with van der Waals surface area (Å²) in [4.78, 5) is 40.0. The van der Waals surface area contributed by atoms with E-state index < -0.39 is 35.7 Å². The number of likely N-dealkylation sites (tertiary alicyclic amines) is 1. The van der Waals surface area contributed by atoms with Crippen LogP contribution >= 0.6 is 0 Å². The van der Waals surface area contributed by atoms with Crippen LogP contribution in [0.4, 0.5) is 0 Å². The molecule has 2 aromatic carbocycles. The van der Waals surface area contributed by atoms with Gasteiger partial charge in [-0.2, -0.15) is 0 Å². The third kappa shape index (κ3) is 7.57. The molecule has 218 valence electrons. The van der Waals surface area contributed by atoms with Gasteiger partial charge in [0.15, 0.2) is 23.0 Å². The maximum atomic E-state index is 13.1. The Morgan fingerprint density at radius 3 is 2.17 bits per heavy atom. The number of amides is 1. The van der Waals surface area contributed by atoms with Gasteiger partial charge in [0.25, 0.3) is 5.91 Å². The lowest BCUT2D eigenvalue weighted by molar-refractivity contribution is -0.183. The molecule has 0 radical (unpaired) electrons. The summed E-state index contributed by atoms with van der Waals surface area (Å²) >= 11 is 0.